The lowest BCUT2D eigenvalue weighted by Gasteiger charge is -2.32. The molecule has 0 aliphatic heterocycles. The topological polar surface area (TPSA) is 40.5 Å². The summed E-state index contributed by atoms with van der Waals surface area (Å²) in [4.78, 5) is 13.0. The van der Waals surface area contributed by atoms with E-state index in [2.05, 4.69) is 0 Å². The standard InChI is InChI=1S/C12H15Cl2NO2/c1-12(11(16)17,15(2)3)7-8-4-5-9(13)10(14)6-8/h4-6H,7H2,1-3H3,(H,16,17). The third-order valence-corrected chi connectivity index (χ3v) is 3.72. The Hall–Kier alpha value is -0.770. The van der Waals surface area contributed by atoms with Gasteiger partial charge < -0.3 is 5.11 Å². The molecule has 94 valence electrons. The van der Waals surface area contributed by atoms with Gasteiger partial charge in [0.05, 0.1) is 10.0 Å². The normalized spacial score (nSPS) is 14.7. The van der Waals surface area contributed by atoms with Crippen LogP contribution in [0.15, 0.2) is 18.2 Å². The second kappa shape index (κ2) is 5.25. The maximum absolute atomic E-state index is 11.3. The lowest BCUT2D eigenvalue weighted by Crippen LogP contribution is -2.50. The first-order valence-electron chi connectivity index (χ1n) is 5.12. The molecular weight excluding hydrogens is 261 g/mol. The highest BCUT2D eigenvalue weighted by atomic mass is 35.5. The van der Waals surface area contributed by atoms with Crippen LogP contribution in [0.4, 0.5) is 0 Å². The van der Waals surface area contributed by atoms with Gasteiger partial charge in [-0.15, -0.1) is 0 Å². The van der Waals surface area contributed by atoms with Crippen molar-refractivity contribution in [2.75, 3.05) is 14.1 Å². The number of hydrogen-bond donors (Lipinski definition) is 1. The van der Waals surface area contributed by atoms with Gasteiger partial charge in [0.15, 0.2) is 0 Å². The van der Waals surface area contributed by atoms with E-state index in [4.69, 9.17) is 23.2 Å². The van der Waals surface area contributed by atoms with Crippen LogP contribution in [0.25, 0.3) is 0 Å². The number of carboxylic acid groups (broad SMARTS) is 1. The Labute approximate surface area is 111 Å². The van der Waals surface area contributed by atoms with Crippen molar-refractivity contribution >= 4 is 29.2 Å². The maximum atomic E-state index is 11.3. The van der Waals surface area contributed by atoms with Crippen molar-refractivity contribution in [1.82, 2.24) is 4.90 Å². The molecule has 0 spiro atoms. The van der Waals surface area contributed by atoms with E-state index < -0.39 is 11.5 Å². The van der Waals surface area contributed by atoms with Gasteiger partial charge in [-0.3, -0.25) is 9.69 Å². The molecule has 1 aromatic carbocycles. The third-order valence-electron chi connectivity index (χ3n) is 2.98. The molecule has 1 aromatic rings. The number of carboxylic acids is 1. The monoisotopic (exact) mass is 275 g/mol. The van der Waals surface area contributed by atoms with Gasteiger partial charge in [0.1, 0.15) is 5.54 Å². The Bertz CT molecular complexity index is 435. The minimum Gasteiger partial charge on any atom is -0.480 e. The number of carbonyl (C=O) groups is 1. The summed E-state index contributed by atoms with van der Waals surface area (Å²) in [6.07, 6.45) is 0.367. The molecule has 0 fully saturated rings. The van der Waals surface area contributed by atoms with Gasteiger partial charge in [0.25, 0.3) is 0 Å². The smallest absolute Gasteiger partial charge is 0.324 e. The van der Waals surface area contributed by atoms with E-state index in [0.29, 0.717) is 16.5 Å². The Morgan fingerprint density at radius 1 is 1.35 bits per heavy atom. The van der Waals surface area contributed by atoms with Crippen LogP contribution in [-0.2, 0) is 11.2 Å². The van der Waals surface area contributed by atoms with Crippen LogP contribution in [0, 0.1) is 0 Å². The fourth-order valence-corrected chi connectivity index (χ4v) is 1.79. The molecule has 1 N–H and O–H groups in total. The third kappa shape index (κ3) is 3.12. The molecule has 0 heterocycles. The molecule has 0 radical (unpaired) electrons. The van der Waals surface area contributed by atoms with Crippen molar-refractivity contribution in [3.05, 3.63) is 33.8 Å². The van der Waals surface area contributed by atoms with Crippen LogP contribution in [0.5, 0.6) is 0 Å². The zero-order chi connectivity index (χ0) is 13.2. The molecule has 1 rings (SSSR count). The number of halogens is 2. The van der Waals surface area contributed by atoms with Gasteiger partial charge in [0.2, 0.25) is 0 Å². The molecule has 1 atom stereocenters. The Balaban J connectivity index is 3.02. The Morgan fingerprint density at radius 3 is 2.35 bits per heavy atom. The number of rotatable bonds is 4. The predicted molar refractivity (Wildman–Crippen MR) is 69.9 cm³/mol. The number of hydrogen-bond acceptors (Lipinski definition) is 2. The largest absolute Gasteiger partial charge is 0.480 e. The average molecular weight is 276 g/mol. The first kappa shape index (κ1) is 14.3. The second-order valence-electron chi connectivity index (χ2n) is 4.40. The van der Waals surface area contributed by atoms with Crippen molar-refractivity contribution < 1.29 is 9.90 Å². The second-order valence-corrected chi connectivity index (χ2v) is 5.21. The molecule has 0 bridgehead atoms. The molecule has 0 aromatic heterocycles. The molecule has 1 unspecified atom stereocenters. The molecule has 0 aliphatic rings. The summed E-state index contributed by atoms with van der Waals surface area (Å²) < 4.78 is 0. The van der Waals surface area contributed by atoms with E-state index in [-0.39, 0.29) is 0 Å². The van der Waals surface area contributed by atoms with Crippen molar-refractivity contribution in [2.45, 2.75) is 18.9 Å². The summed E-state index contributed by atoms with van der Waals surface area (Å²) in [5.41, 5.74) is -0.116. The molecule has 0 saturated carbocycles. The highest BCUT2D eigenvalue weighted by Crippen LogP contribution is 2.26. The van der Waals surface area contributed by atoms with E-state index in [1.807, 2.05) is 0 Å². The molecule has 0 aliphatic carbocycles. The molecule has 5 heteroatoms. The maximum Gasteiger partial charge on any atom is 0.324 e. The minimum absolute atomic E-state index is 0.367. The van der Waals surface area contributed by atoms with Crippen molar-refractivity contribution in [3.8, 4) is 0 Å². The minimum atomic E-state index is -0.961. The first-order valence-corrected chi connectivity index (χ1v) is 5.87. The van der Waals surface area contributed by atoms with Gasteiger partial charge in [-0.2, -0.15) is 0 Å². The molecule has 0 saturated heterocycles. The van der Waals surface area contributed by atoms with E-state index >= 15 is 0 Å². The fourth-order valence-electron chi connectivity index (χ4n) is 1.47. The van der Waals surface area contributed by atoms with Crippen LogP contribution in [0.1, 0.15) is 12.5 Å². The van der Waals surface area contributed by atoms with E-state index in [9.17, 15) is 9.90 Å². The average Bonchev–Trinajstić information content (AvgIpc) is 2.22. The summed E-state index contributed by atoms with van der Waals surface area (Å²) in [5, 5.41) is 10.2. The van der Waals surface area contributed by atoms with Crippen LogP contribution >= 0.6 is 23.2 Å². The zero-order valence-corrected chi connectivity index (χ0v) is 11.5. The lowest BCUT2D eigenvalue weighted by molar-refractivity contribution is -0.148. The van der Waals surface area contributed by atoms with Crippen LogP contribution in [-0.4, -0.2) is 35.6 Å². The summed E-state index contributed by atoms with van der Waals surface area (Å²) in [7, 11) is 3.48. The van der Waals surface area contributed by atoms with Crippen LogP contribution < -0.4 is 0 Å². The SMILES string of the molecule is CN(C)C(C)(Cc1ccc(Cl)c(Cl)c1)C(=O)O. The van der Waals surface area contributed by atoms with Gasteiger partial charge in [-0.1, -0.05) is 29.3 Å². The van der Waals surface area contributed by atoms with Crippen molar-refractivity contribution in [1.29, 1.82) is 0 Å². The highest BCUT2D eigenvalue weighted by Gasteiger charge is 2.35. The lowest BCUT2D eigenvalue weighted by atomic mass is 9.92. The summed E-state index contributed by atoms with van der Waals surface area (Å²) in [6, 6.07) is 5.17. The Kier molecular flexibility index (Phi) is 4.42. The number of likely N-dealkylation sites (N-methyl/N-ethyl adjacent to an activating group) is 1. The Morgan fingerprint density at radius 2 is 1.94 bits per heavy atom. The number of benzene rings is 1. The summed E-state index contributed by atoms with van der Waals surface area (Å²) >= 11 is 11.7. The molecular formula is C12H15Cl2NO2. The van der Waals surface area contributed by atoms with Crippen molar-refractivity contribution in [3.63, 3.8) is 0 Å². The molecule has 0 amide bonds. The van der Waals surface area contributed by atoms with Crippen LogP contribution in [0.3, 0.4) is 0 Å². The fraction of sp³-hybridized carbons (Fsp3) is 0.417. The number of aliphatic carboxylic acids is 1. The summed E-state index contributed by atoms with van der Waals surface area (Å²) in [5.74, 6) is -0.867. The zero-order valence-electron chi connectivity index (χ0n) is 10.00. The van der Waals surface area contributed by atoms with Gasteiger partial charge in [0, 0.05) is 6.42 Å². The van der Waals surface area contributed by atoms with E-state index in [1.54, 1.807) is 44.1 Å². The first-order chi connectivity index (χ1) is 7.77. The van der Waals surface area contributed by atoms with E-state index in [0.717, 1.165) is 5.56 Å². The van der Waals surface area contributed by atoms with Crippen LogP contribution in [0.2, 0.25) is 10.0 Å². The number of nitrogens with zero attached hydrogens (tertiary/aromatic N) is 1. The quantitative estimate of drug-likeness (QED) is 0.919. The van der Waals surface area contributed by atoms with Gasteiger partial charge in [-0.05, 0) is 38.7 Å². The highest BCUT2D eigenvalue weighted by molar-refractivity contribution is 6.42. The molecule has 3 nitrogen and oxygen atoms in total. The summed E-state index contributed by atoms with van der Waals surface area (Å²) in [6.45, 7) is 1.68. The predicted octanol–water partition coefficient (Wildman–Crippen LogP) is 2.94. The van der Waals surface area contributed by atoms with E-state index in [1.165, 1.54) is 0 Å². The molecule has 17 heavy (non-hydrogen) atoms. The van der Waals surface area contributed by atoms with Gasteiger partial charge in [-0.25, -0.2) is 0 Å². The van der Waals surface area contributed by atoms with Crippen molar-refractivity contribution in [2.24, 2.45) is 0 Å². The van der Waals surface area contributed by atoms with Gasteiger partial charge >= 0.3 is 5.97 Å².